The molecule has 1 amide bonds. The van der Waals surface area contributed by atoms with Gasteiger partial charge < -0.3 is 4.90 Å². The van der Waals surface area contributed by atoms with Crippen molar-refractivity contribution < 1.29 is 4.79 Å². The first-order valence-corrected chi connectivity index (χ1v) is 12.3. The molecular weight excluding hydrogens is 396 g/mol. The summed E-state index contributed by atoms with van der Waals surface area (Å²) in [5, 5.41) is 0. The van der Waals surface area contributed by atoms with Crippen LogP contribution < -0.4 is 9.80 Å². The standard InChI is InChI=1S/C27H40N4O/c1-9-13-14-15-31-24-22(27(10-2,11-3)25(31)32)21(8)28-26(29-24)30(12-4)23-19(6)16-18(5)17-20(23)7/h16-17H,9-15H2,1-8H3. The quantitative estimate of drug-likeness (QED) is 0.423. The van der Waals surface area contributed by atoms with Gasteiger partial charge in [0.1, 0.15) is 5.82 Å². The van der Waals surface area contributed by atoms with Crippen LogP contribution in [-0.4, -0.2) is 29.0 Å². The van der Waals surface area contributed by atoms with Gasteiger partial charge in [-0.15, -0.1) is 0 Å². The van der Waals surface area contributed by atoms with Gasteiger partial charge in [0.05, 0.1) is 5.41 Å². The smallest absolute Gasteiger partial charge is 0.238 e. The first-order chi connectivity index (χ1) is 15.2. The van der Waals surface area contributed by atoms with E-state index in [0.29, 0.717) is 5.95 Å². The van der Waals surface area contributed by atoms with Crippen molar-refractivity contribution in [1.29, 1.82) is 0 Å². The summed E-state index contributed by atoms with van der Waals surface area (Å²) in [6.07, 6.45) is 4.79. The summed E-state index contributed by atoms with van der Waals surface area (Å²) >= 11 is 0. The molecule has 5 nitrogen and oxygen atoms in total. The second kappa shape index (κ2) is 9.60. The third-order valence-electron chi connectivity index (χ3n) is 7.10. The second-order valence-electron chi connectivity index (χ2n) is 9.25. The van der Waals surface area contributed by atoms with Gasteiger partial charge in [-0.1, -0.05) is 51.3 Å². The van der Waals surface area contributed by atoms with Crippen LogP contribution >= 0.6 is 0 Å². The van der Waals surface area contributed by atoms with Gasteiger partial charge >= 0.3 is 0 Å². The first-order valence-electron chi connectivity index (χ1n) is 12.3. The number of unbranched alkanes of at least 4 members (excludes halogenated alkanes) is 2. The van der Waals surface area contributed by atoms with Crippen LogP contribution in [0.25, 0.3) is 0 Å². The Morgan fingerprint density at radius 2 is 1.56 bits per heavy atom. The highest BCUT2D eigenvalue weighted by molar-refractivity contribution is 6.07. The molecule has 5 heteroatoms. The summed E-state index contributed by atoms with van der Waals surface area (Å²) in [5.41, 5.74) is 6.33. The van der Waals surface area contributed by atoms with E-state index in [1.807, 2.05) is 4.90 Å². The lowest BCUT2D eigenvalue weighted by atomic mass is 9.76. The first kappa shape index (κ1) is 24.2. The van der Waals surface area contributed by atoms with Crippen molar-refractivity contribution in [3.63, 3.8) is 0 Å². The van der Waals surface area contributed by atoms with Crippen molar-refractivity contribution in [2.45, 2.75) is 92.9 Å². The lowest BCUT2D eigenvalue weighted by Gasteiger charge is -2.28. The highest BCUT2D eigenvalue weighted by Gasteiger charge is 2.51. The third kappa shape index (κ3) is 3.91. The summed E-state index contributed by atoms with van der Waals surface area (Å²) in [6, 6.07) is 4.43. The number of aryl methyl sites for hydroxylation is 4. The molecule has 0 aliphatic carbocycles. The summed E-state index contributed by atoms with van der Waals surface area (Å²) in [7, 11) is 0. The Balaban J connectivity index is 2.18. The second-order valence-corrected chi connectivity index (χ2v) is 9.25. The predicted octanol–water partition coefficient (Wildman–Crippen LogP) is 6.46. The minimum absolute atomic E-state index is 0.203. The summed E-state index contributed by atoms with van der Waals surface area (Å²) in [4.78, 5) is 27.9. The van der Waals surface area contributed by atoms with Crippen molar-refractivity contribution in [1.82, 2.24) is 9.97 Å². The number of carbonyl (C=O) groups is 1. The minimum atomic E-state index is -0.503. The Morgan fingerprint density at radius 1 is 0.938 bits per heavy atom. The maximum absolute atomic E-state index is 13.7. The molecule has 174 valence electrons. The molecule has 0 saturated carbocycles. The molecule has 1 aromatic carbocycles. The van der Waals surface area contributed by atoms with E-state index in [0.717, 1.165) is 68.0 Å². The van der Waals surface area contributed by atoms with Gasteiger partial charge in [0.15, 0.2) is 0 Å². The number of benzene rings is 1. The minimum Gasteiger partial charge on any atom is -0.310 e. The van der Waals surface area contributed by atoms with E-state index in [-0.39, 0.29) is 5.91 Å². The van der Waals surface area contributed by atoms with E-state index in [9.17, 15) is 4.79 Å². The molecule has 0 fully saturated rings. The third-order valence-corrected chi connectivity index (χ3v) is 7.10. The largest absolute Gasteiger partial charge is 0.310 e. The molecule has 0 radical (unpaired) electrons. The van der Waals surface area contributed by atoms with Gasteiger partial charge in [0.2, 0.25) is 11.9 Å². The molecule has 32 heavy (non-hydrogen) atoms. The Bertz CT molecular complexity index is 970. The summed E-state index contributed by atoms with van der Waals surface area (Å²) < 4.78 is 0. The summed E-state index contributed by atoms with van der Waals surface area (Å²) in [5.74, 6) is 1.72. The van der Waals surface area contributed by atoms with Crippen LogP contribution in [0.15, 0.2) is 12.1 Å². The molecule has 1 aromatic heterocycles. The van der Waals surface area contributed by atoms with Crippen LogP contribution in [0, 0.1) is 27.7 Å². The van der Waals surface area contributed by atoms with Crippen molar-refractivity contribution in [3.8, 4) is 0 Å². The van der Waals surface area contributed by atoms with Crippen LogP contribution in [-0.2, 0) is 10.2 Å². The Labute approximate surface area is 194 Å². The number of amides is 1. The highest BCUT2D eigenvalue weighted by Crippen LogP contribution is 2.47. The number of rotatable bonds is 9. The zero-order chi connectivity index (χ0) is 23.6. The number of fused-ring (bicyclic) bond motifs is 1. The number of aromatic nitrogens is 2. The molecule has 3 rings (SSSR count). The van der Waals surface area contributed by atoms with Crippen LogP contribution in [0.5, 0.6) is 0 Å². The van der Waals surface area contributed by atoms with Crippen molar-refractivity contribution >= 4 is 23.4 Å². The molecule has 0 bridgehead atoms. The van der Waals surface area contributed by atoms with Gasteiger partial charge in [-0.2, -0.15) is 4.98 Å². The fraction of sp³-hybridized carbons (Fsp3) is 0.593. The number of hydrogen-bond donors (Lipinski definition) is 0. The maximum atomic E-state index is 13.7. The normalized spacial score (nSPS) is 14.8. The molecule has 0 atom stereocenters. The number of nitrogens with zero attached hydrogens (tertiary/aromatic N) is 4. The van der Waals surface area contributed by atoms with E-state index in [4.69, 9.17) is 9.97 Å². The topological polar surface area (TPSA) is 49.3 Å². The maximum Gasteiger partial charge on any atom is 0.238 e. The van der Waals surface area contributed by atoms with E-state index >= 15 is 0 Å². The lowest BCUT2D eigenvalue weighted by molar-refractivity contribution is -0.123. The van der Waals surface area contributed by atoms with Crippen LogP contribution in [0.3, 0.4) is 0 Å². The number of hydrogen-bond acceptors (Lipinski definition) is 4. The van der Waals surface area contributed by atoms with E-state index < -0.39 is 5.41 Å². The van der Waals surface area contributed by atoms with E-state index in [2.05, 4.69) is 72.4 Å². The Morgan fingerprint density at radius 3 is 2.09 bits per heavy atom. The van der Waals surface area contributed by atoms with Gasteiger partial charge in [0, 0.05) is 30.0 Å². The van der Waals surface area contributed by atoms with Gasteiger partial charge in [-0.25, -0.2) is 4.98 Å². The molecule has 2 aromatic rings. The van der Waals surface area contributed by atoms with Crippen molar-refractivity contribution in [2.75, 3.05) is 22.9 Å². The fourth-order valence-corrected chi connectivity index (χ4v) is 5.51. The van der Waals surface area contributed by atoms with Gasteiger partial charge in [-0.05, 0) is 65.0 Å². The molecule has 0 unspecified atom stereocenters. The molecule has 1 aliphatic rings. The highest BCUT2D eigenvalue weighted by atomic mass is 16.2. The molecule has 0 saturated heterocycles. The number of anilines is 3. The Hall–Kier alpha value is -2.43. The van der Waals surface area contributed by atoms with Crippen molar-refractivity contribution in [3.05, 3.63) is 40.1 Å². The average Bonchev–Trinajstić information content (AvgIpc) is 2.99. The fourth-order valence-electron chi connectivity index (χ4n) is 5.51. The molecular formula is C27H40N4O. The average molecular weight is 437 g/mol. The molecule has 0 spiro atoms. The monoisotopic (exact) mass is 436 g/mol. The zero-order valence-corrected chi connectivity index (χ0v) is 21.3. The van der Waals surface area contributed by atoms with E-state index in [1.165, 1.54) is 16.7 Å². The zero-order valence-electron chi connectivity index (χ0n) is 21.3. The SMILES string of the molecule is CCCCCN1C(=O)C(CC)(CC)c2c(C)nc(N(CC)c3c(C)cc(C)cc3C)nc21. The lowest BCUT2D eigenvalue weighted by Crippen LogP contribution is -2.40. The van der Waals surface area contributed by atoms with Gasteiger partial charge in [-0.3, -0.25) is 9.69 Å². The van der Waals surface area contributed by atoms with E-state index in [1.54, 1.807) is 0 Å². The molecule has 2 heterocycles. The van der Waals surface area contributed by atoms with Crippen LogP contribution in [0.2, 0.25) is 0 Å². The Kier molecular flexibility index (Phi) is 7.26. The van der Waals surface area contributed by atoms with Crippen LogP contribution in [0.1, 0.15) is 87.7 Å². The molecule has 0 N–H and O–H groups in total. The van der Waals surface area contributed by atoms with Gasteiger partial charge in [0.25, 0.3) is 0 Å². The predicted molar refractivity (Wildman–Crippen MR) is 134 cm³/mol. The summed E-state index contributed by atoms with van der Waals surface area (Å²) in [6.45, 7) is 18.5. The molecule has 1 aliphatic heterocycles. The van der Waals surface area contributed by atoms with Crippen molar-refractivity contribution in [2.24, 2.45) is 0 Å². The number of carbonyl (C=O) groups excluding carboxylic acids is 1. The van der Waals surface area contributed by atoms with Crippen LogP contribution in [0.4, 0.5) is 17.5 Å².